The molecule has 1 fully saturated rings. The molecule has 0 aromatic carbocycles. The Morgan fingerprint density at radius 2 is 2.11 bits per heavy atom. The summed E-state index contributed by atoms with van der Waals surface area (Å²) in [4.78, 5) is 37.0. The highest BCUT2D eigenvalue weighted by atomic mass is 16.5. The van der Waals surface area contributed by atoms with Crippen molar-refractivity contribution in [3.8, 4) is 0 Å². The summed E-state index contributed by atoms with van der Waals surface area (Å²) in [5.41, 5.74) is 0. The Morgan fingerprint density at radius 1 is 1.42 bits per heavy atom. The van der Waals surface area contributed by atoms with Crippen molar-refractivity contribution in [1.29, 1.82) is 0 Å². The third-order valence-corrected chi connectivity index (χ3v) is 3.04. The molecule has 0 aromatic heterocycles. The Bertz CT molecular complexity index is 358. The highest BCUT2D eigenvalue weighted by molar-refractivity contribution is 5.81. The number of esters is 1. The molecule has 1 rings (SSSR count). The molecule has 1 N–H and O–H groups in total. The normalized spacial score (nSPS) is 18.8. The molecule has 0 bridgehead atoms. The van der Waals surface area contributed by atoms with Gasteiger partial charge >= 0.3 is 18.0 Å². The van der Waals surface area contributed by atoms with E-state index in [2.05, 4.69) is 0 Å². The van der Waals surface area contributed by atoms with Gasteiger partial charge in [-0.05, 0) is 19.8 Å². The number of likely N-dealkylation sites (N-methyl/N-ethyl adjacent to an activating group) is 1. The Labute approximate surface area is 112 Å². The summed E-state index contributed by atoms with van der Waals surface area (Å²) in [5.74, 6) is -1.87. The fraction of sp³-hybridized carbons (Fsp3) is 0.750. The molecular formula is C12H20N2O5. The maximum Gasteiger partial charge on any atom is 0.325 e. The number of carbonyl (C=O) groups excluding carboxylic acids is 2. The molecule has 0 aromatic rings. The number of carboxylic acids is 1. The number of carboxylic acid groups (broad SMARTS) is 1. The number of ether oxygens (including phenoxy) is 1. The number of aliphatic carboxylic acids is 1. The van der Waals surface area contributed by atoms with Crippen molar-refractivity contribution in [2.24, 2.45) is 5.92 Å². The van der Waals surface area contributed by atoms with Crippen LogP contribution in [0.3, 0.4) is 0 Å². The van der Waals surface area contributed by atoms with Gasteiger partial charge in [-0.3, -0.25) is 9.59 Å². The average Bonchev–Trinajstić information content (AvgIpc) is 2.38. The van der Waals surface area contributed by atoms with Crippen LogP contribution in [0.2, 0.25) is 0 Å². The maximum absolute atomic E-state index is 12.1. The lowest BCUT2D eigenvalue weighted by Crippen LogP contribution is -2.48. The Balaban J connectivity index is 2.51. The minimum Gasteiger partial charge on any atom is -0.481 e. The van der Waals surface area contributed by atoms with Crippen LogP contribution in [0.4, 0.5) is 4.79 Å². The average molecular weight is 272 g/mol. The second-order valence-electron chi connectivity index (χ2n) is 4.57. The highest BCUT2D eigenvalue weighted by Gasteiger charge is 2.30. The number of amides is 2. The fourth-order valence-electron chi connectivity index (χ4n) is 2.06. The Kier molecular flexibility index (Phi) is 5.59. The topological polar surface area (TPSA) is 87.2 Å². The first-order valence-corrected chi connectivity index (χ1v) is 6.34. The van der Waals surface area contributed by atoms with Crippen LogP contribution in [0.15, 0.2) is 0 Å². The first kappa shape index (κ1) is 15.3. The van der Waals surface area contributed by atoms with E-state index in [4.69, 9.17) is 9.84 Å². The third-order valence-electron chi connectivity index (χ3n) is 3.04. The van der Waals surface area contributed by atoms with E-state index in [0.29, 0.717) is 19.4 Å². The van der Waals surface area contributed by atoms with Crippen LogP contribution in [0.1, 0.15) is 19.8 Å². The SMILES string of the molecule is CCOC(=O)CN(C)C(=O)N1CCC[C@H](C(=O)O)C1. The summed E-state index contributed by atoms with van der Waals surface area (Å²) in [6.07, 6.45) is 1.25. The van der Waals surface area contributed by atoms with Crippen LogP contribution in [0.5, 0.6) is 0 Å². The zero-order valence-corrected chi connectivity index (χ0v) is 11.3. The van der Waals surface area contributed by atoms with E-state index in [1.165, 1.54) is 16.8 Å². The molecule has 1 saturated heterocycles. The van der Waals surface area contributed by atoms with Crippen molar-refractivity contribution >= 4 is 18.0 Å². The number of piperidine rings is 1. The molecule has 1 aliphatic heterocycles. The second-order valence-corrected chi connectivity index (χ2v) is 4.57. The first-order valence-electron chi connectivity index (χ1n) is 6.34. The molecule has 0 aliphatic carbocycles. The Morgan fingerprint density at radius 3 is 2.68 bits per heavy atom. The summed E-state index contributed by atoms with van der Waals surface area (Å²) >= 11 is 0. The molecule has 7 nitrogen and oxygen atoms in total. The van der Waals surface area contributed by atoms with Gasteiger partial charge in [0.05, 0.1) is 12.5 Å². The van der Waals surface area contributed by atoms with Gasteiger partial charge < -0.3 is 19.6 Å². The summed E-state index contributed by atoms with van der Waals surface area (Å²) in [6, 6.07) is -0.334. The van der Waals surface area contributed by atoms with Gasteiger partial charge in [0.25, 0.3) is 0 Å². The van der Waals surface area contributed by atoms with Crippen molar-refractivity contribution < 1.29 is 24.2 Å². The number of hydrogen-bond donors (Lipinski definition) is 1. The van der Waals surface area contributed by atoms with Gasteiger partial charge in [0.2, 0.25) is 0 Å². The number of hydrogen-bond acceptors (Lipinski definition) is 4. The second kappa shape index (κ2) is 6.96. The van der Waals surface area contributed by atoms with Crippen molar-refractivity contribution in [3.05, 3.63) is 0 Å². The van der Waals surface area contributed by atoms with Crippen LogP contribution in [0.25, 0.3) is 0 Å². The van der Waals surface area contributed by atoms with Gasteiger partial charge in [-0.15, -0.1) is 0 Å². The monoisotopic (exact) mass is 272 g/mol. The summed E-state index contributed by atoms with van der Waals surface area (Å²) in [6.45, 7) is 2.56. The first-order chi connectivity index (χ1) is 8.95. The van der Waals surface area contributed by atoms with Crippen molar-refractivity contribution in [2.75, 3.05) is 33.3 Å². The van der Waals surface area contributed by atoms with Crippen LogP contribution < -0.4 is 0 Å². The van der Waals surface area contributed by atoms with E-state index in [-0.39, 0.29) is 25.7 Å². The van der Waals surface area contributed by atoms with Gasteiger partial charge in [0.15, 0.2) is 0 Å². The summed E-state index contributed by atoms with van der Waals surface area (Å²) in [7, 11) is 1.50. The predicted octanol–water partition coefficient (Wildman–Crippen LogP) is 0.398. The molecular weight excluding hydrogens is 252 g/mol. The largest absolute Gasteiger partial charge is 0.481 e. The minimum absolute atomic E-state index is 0.124. The van der Waals surface area contributed by atoms with E-state index in [0.717, 1.165) is 0 Å². The fourth-order valence-corrected chi connectivity index (χ4v) is 2.06. The van der Waals surface area contributed by atoms with E-state index in [1.807, 2.05) is 0 Å². The zero-order valence-electron chi connectivity index (χ0n) is 11.3. The molecule has 0 spiro atoms. The van der Waals surface area contributed by atoms with Crippen molar-refractivity contribution in [2.45, 2.75) is 19.8 Å². The van der Waals surface area contributed by atoms with Gasteiger partial charge in [-0.25, -0.2) is 4.79 Å². The minimum atomic E-state index is -0.884. The summed E-state index contributed by atoms with van der Waals surface area (Å²) in [5, 5.41) is 8.97. The van der Waals surface area contributed by atoms with Crippen LogP contribution in [0, 0.1) is 5.92 Å². The molecule has 7 heteroatoms. The molecule has 1 aliphatic rings. The van der Waals surface area contributed by atoms with E-state index >= 15 is 0 Å². The number of carbonyl (C=O) groups is 3. The van der Waals surface area contributed by atoms with Crippen LogP contribution in [-0.4, -0.2) is 66.2 Å². The maximum atomic E-state index is 12.1. The Hall–Kier alpha value is -1.79. The van der Waals surface area contributed by atoms with Crippen LogP contribution in [-0.2, 0) is 14.3 Å². The molecule has 0 radical (unpaired) electrons. The van der Waals surface area contributed by atoms with Crippen LogP contribution >= 0.6 is 0 Å². The van der Waals surface area contributed by atoms with Gasteiger partial charge in [-0.2, -0.15) is 0 Å². The molecule has 1 atom stereocenters. The number of rotatable bonds is 4. The summed E-state index contributed by atoms with van der Waals surface area (Å²) < 4.78 is 4.76. The molecule has 2 amide bonds. The molecule has 0 saturated carbocycles. The predicted molar refractivity (Wildman–Crippen MR) is 66.6 cm³/mol. The van der Waals surface area contributed by atoms with Crippen molar-refractivity contribution in [1.82, 2.24) is 9.80 Å². The number of urea groups is 1. The van der Waals surface area contributed by atoms with E-state index < -0.39 is 17.9 Å². The lowest BCUT2D eigenvalue weighted by molar-refractivity contribution is -0.145. The zero-order chi connectivity index (χ0) is 14.4. The number of likely N-dealkylation sites (tertiary alicyclic amines) is 1. The lowest BCUT2D eigenvalue weighted by atomic mass is 9.99. The highest BCUT2D eigenvalue weighted by Crippen LogP contribution is 2.17. The van der Waals surface area contributed by atoms with E-state index in [1.54, 1.807) is 6.92 Å². The standard InChI is InChI=1S/C12H20N2O5/c1-3-19-10(15)8-13(2)12(18)14-6-4-5-9(7-14)11(16)17/h9H,3-8H2,1-2H3,(H,16,17)/t9-/m0/s1. The third kappa shape index (κ3) is 4.42. The smallest absolute Gasteiger partial charge is 0.325 e. The van der Waals surface area contributed by atoms with Gasteiger partial charge in [0.1, 0.15) is 6.54 Å². The molecule has 19 heavy (non-hydrogen) atoms. The molecule has 0 unspecified atom stereocenters. The van der Waals surface area contributed by atoms with Crippen molar-refractivity contribution in [3.63, 3.8) is 0 Å². The molecule has 108 valence electrons. The van der Waals surface area contributed by atoms with Gasteiger partial charge in [-0.1, -0.05) is 0 Å². The van der Waals surface area contributed by atoms with E-state index in [9.17, 15) is 14.4 Å². The van der Waals surface area contributed by atoms with Gasteiger partial charge in [0, 0.05) is 20.1 Å². The lowest BCUT2D eigenvalue weighted by Gasteiger charge is -2.33. The number of nitrogens with zero attached hydrogens (tertiary/aromatic N) is 2. The molecule has 1 heterocycles. The quantitative estimate of drug-likeness (QED) is 0.748.